The fourth-order valence-electron chi connectivity index (χ4n) is 2.38. The van der Waals surface area contributed by atoms with Crippen molar-refractivity contribution in [3.63, 3.8) is 0 Å². The first-order valence-electron chi connectivity index (χ1n) is 6.11. The number of carbonyl (C=O) groups excluding carboxylic acids is 1. The second-order valence-electron chi connectivity index (χ2n) is 4.99. The van der Waals surface area contributed by atoms with Crippen LogP contribution in [0.2, 0.25) is 0 Å². The summed E-state index contributed by atoms with van der Waals surface area (Å²) in [6.07, 6.45) is 5.34. The van der Waals surface area contributed by atoms with Gasteiger partial charge in [0.2, 0.25) is 10.1 Å². The first-order chi connectivity index (χ1) is 8.24. The van der Waals surface area contributed by atoms with Gasteiger partial charge < -0.3 is 11.1 Å². The molecule has 1 heterocycles. The van der Waals surface area contributed by atoms with E-state index >= 15 is 0 Å². The number of anilines is 1. The molecular weight excluding hydrogens is 236 g/mol. The summed E-state index contributed by atoms with van der Waals surface area (Å²) in [6, 6.07) is 0. The van der Waals surface area contributed by atoms with Crippen LogP contribution in [0, 0.1) is 17.8 Å². The third kappa shape index (κ3) is 2.57. The molecule has 0 unspecified atom stereocenters. The van der Waals surface area contributed by atoms with E-state index in [0.29, 0.717) is 16.1 Å². The lowest BCUT2D eigenvalue weighted by Gasteiger charge is -2.15. The van der Waals surface area contributed by atoms with Crippen molar-refractivity contribution in [3.8, 4) is 0 Å². The van der Waals surface area contributed by atoms with Gasteiger partial charge in [-0.2, -0.15) is 0 Å². The monoisotopic (exact) mass is 252 g/mol. The molecule has 5 nitrogen and oxygen atoms in total. The van der Waals surface area contributed by atoms with Crippen molar-refractivity contribution in [1.29, 1.82) is 0 Å². The summed E-state index contributed by atoms with van der Waals surface area (Å²) < 4.78 is 0. The first kappa shape index (κ1) is 11.0. The second kappa shape index (κ2) is 4.25. The minimum Gasteiger partial charge on any atom is -0.374 e. The average Bonchev–Trinajstić information content (AvgIpc) is 3.20. The van der Waals surface area contributed by atoms with E-state index in [1.807, 2.05) is 0 Å². The van der Waals surface area contributed by atoms with E-state index in [1.165, 1.54) is 25.7 Å². The molecule has 2 aliphatic rings. The van der Waals surface area contributed by atoms with Crippen molar-refractivity contribution in [2.75, 3.05) is 12.3 Å². The van der Waals surface area contributed by atoms with Gasteiger partial charge in [-0.1, -0.05) is 11.3 Å². The van der Waals surface area contributed by atoms with Gasteiger partial charge in [0.15, 0.2) is 0 Å². The fraction of sp³-hybridized carbons (Fsp3) is 0.727. The molecule has 0 bridgehead atoms. The third-order valence-electron chi connectivity index (χ3n) is 3.59. The number of hydrogen-bond acceptors (Lipinski definition) is 5. The van der Waals surface area contributed by atoms with Crippen molar-refractivity contribution in [1.82, 2.24) is 15.5 Å². The van der Waals surface area contributed by atoms with Crippen LogP contribution in [0.25, 0.3) is 0 Å². The Hall–Kier alpha value is -1.17. The lowest BCUT2D eigenvalue weighted by atomic mass is 9.98. The van der Waals surface area contributed by atoms with Crippen molar-refractivity contribution in [2.24, 2.45) is 17.8 Å². The summed E-state index contributed by atoms with van der Waals surface area (Å²) in [5.41, 5.74) is 5.45. The molecule has 1 amide bonds. The number of rotatable bonds is 5. The van der Waals surface area contributed by atoms with E-state index in [2.05, 4.69) is 15.5 Å². The van der Waals surface area contributed by atoms with Crippen LogP contribution in [0.3, 0.4) is 0 Å². The van der Waals surface area contributed by atoms with Crippen LogP contribution in [0.5, 0.6) is 0 Å². The molecule has 2 fully saturated rings. The van der Waals surface area contributed by atoms with E-state index < -0.39 is 0 Å². The number of nitrogens with zero attached hydrogens (tertiary/aromatic N) is 2. The van der Waals surface area contributed by atoms with Crippen LogP contribution in [0.4, 0.5) is 5.13 Å². The van der Waals surface area contributed by atoms with Gasteiger partial charge in [0.05, 0.1) is 0 Å². The van der Waals surface area contributed by atoms with E-state index in [0.717, 1.165) is 29.7 Å². The molecule has 2 saturated carbocycles. The first-order valence-corrected chi connectivity index (χ1v) is 6.93. The van der Waals surface area contributed by atoms with Gasteiger partial charge in [-0.25, -0.2) is 0 Å². The zero-order valence-electron chi connectivity index (χ0n) is 9.56. The Balaban J connectivity index is 1.54. The molecule has 1 aromatic heterocycles. The van der Waals surface area contributed by atoms with Crippen molar-refractivity contribution < 1.29 is 4.79 Å². The van der Waals surface area contributed by atoms with Crippen molar-refractivity contribution in [3.05, 3.63) is 5.01 Å². The molecule has 0 radical (unpaired) electrons. The molecule has 17 heavy (non-hydrogen) atoms. The summed E-state index contributed by atoms with van der Waals surface area (Å²) >= 11 is 1.14. The number of nitrogen functional groups attached to an aromatic ring is 1. The van der Waals surface area contributed by atoms with Crippen LogP contribution >= 0.6 is 11.3 Å². The molecule has 2 aliphatic carbocycles. The lowest BCUT2D eigenvalue weighted by molar-refractivity contribution is 0.0942. The summed E-state index contributed by atoms with van der Waals surface area (Å²) in [7, 11) is 0. The van der Waals surface area contributed by atoms with Crippen LogP contribution in [0.15, 0.2) is 0 Å². The molecular formula is C11H16N4OS. The predicted octanol–water partition coefficient (Wildman–Crippen LogP) is 1.29. The van der Waals surface area contributed by atoms with Crippen LogP contribution < -0.4 is 11.1 Å². The third-order valence-corrected chi connectivity index (χ3v) is 4.34. The molecule has 0 aliphatic heterocycles. The van der Waals surface area contributed by atoms with E-state index in [4.69, 9.17) is 5.73 Å². The molecule has 0 spiro atoms. The Labute approximate surface area is 104 Å². The number of amides is 1. The maximum atomic E-state index is 11.8. The average molecular weight is 252 g/mol. The van der Waals surface area contributed by atoms with Gasteiger partial charge in [-0.3, -0.25) is 4.79 Å². The lowest BCUT2D eigenvalue weighted by Crippen LogP contribution is -2.31. The number of nitrogens with one attached hydrogen (secondary N) is 1. The fourth-order valence-corrected chi connectivity index (χ4v) is 2.91. The summed E-state index contributed by atoms with van der Waals surface area (Å²) in [5.74, 6) is 2.25. The highest BCUT2D eigenvalue weighted by Gasteiger charge is 2.41. The Kier molecular flexibility index (Phi) is 2.74. The van der Waals surface area contributed by atoms with Gasteiger partial charge in [-0.15, -0.1) is 10.2 Å². The smallest absolute Gasteiger partial charge is 0.282 e. The van der Waals surface area contributed by atoms with Gasteiger partial charge in [0.1, 0.15) is 0 Å². The maximum Gasteiger partial charge on any atom is 0.282 e. The van der Waals surface area contributed by atoms with Gasteiger partial charge in [-0.05, 0) is 43.4 Å². The topological polar surface area (TPSA) is 80.9 Å². The van der Waals surface area contributed by atoms with Crippen molar-refractivity contribution in [2.45, 2.75) is 25.7 Å². The molecule has 6 heteroatoms. The minimum absolute atomic E-state index is 0.134. The van der Waals surface area contributed by atoms with Crippen LogP contribution in [-0.4, -0.2) is 22.6 Å². The van der Waals surface area contributed by atoms with Crippen molar-refractivity contribution >= 4 is 22.4 Å². The van der Waals surface area contributed by atoms with E-state index in [1.54, 1.807) is 0 Å². The van der Waals surface area contributed by atoms with E-state index in [-0.39, 0.29) is 5.91 Å². The minimum atomic E-state index is -0.134. The SMILES string of the molecule is Nc1nnc(C(=O)NCC(C2CC2)C2CC2)s1. The zero-order chi connectivity index (χ0) is 11.8. The molecule has 0 aromatic carbocycles. The number of nitrogens with two attached hydrogens (primary N) is 1. The number of aromatic nitrogens is 2. The van der Waals surface area contributed by atoms with Crippen LogP contribution in [-0.2, 0) is 0 Å². The highest BCUT2D eigenvalue weighted by Crippen LogP contribution is 2.48. The molecule has 0 atom stereocenters. The second-order valence-corrected chi connectivity index (χ2v) is 6.00. The molecule has 3 N–H and O–H groups in total. The highest BCUT2D eigenvalue weighted by molar-refractivity contribution is 7.16. The highest BCUT2D eigenvalue weighted by atomic mass is 32.1. The summed E-state index contributed by atoms with van der Waals surface area (Å²) in [6.45, 7) is 0.785. The van der Waals surface area contributed by atoms with Gasteiger partial charge in [0.25, 0.3) is 5.91 Å². The largest absolute Gasteiger partial charge is 0.374 e. The summed E-state index contributed by atoms with van der Waals surface area (Å²) in [4.78, 5) is 11.8. The molecule has 3 rings (SSSR count). The number of hydrogen-bond donors (Lipinski definition) is 2. The molecule has 92 valence electrons. The summed E-state index contributed by atoms with van der Waals surface area (Å²) in [5, 5.41) is 11.1. The number of carbonyl (C=O) groups is 1. The van der Waals surface area contributed by atoms with Gasteiger partial charge >= 0.3 is 0 Å². The normalized spacial score (nSPS) is 19.6. The quantitative estimate of drug-likeness (QED) is 0.827. The van der Waals surface area contributed by atoms with E-state index in [9.17, 15) is 4.79 Å². The predicted molar refractivity (Wildman–Crippen MR) is 65.6 cm³/mol. The Morgan fingerprint density at radius 2 is 2.00 bits per heavy atom. The Morgan fingerprint density at radius 1 is 1.35 bits per heavy atom. The molecule has 0 saturated heterocycles. The Morgan fingerprint density at radius 3 is 2.47 bits per heavy atom. The van der Waals surface area contributed by atoms with Crippen LogP contribution in [0.1, 0.15) is 35.5 Å². The zero-order valence-corrected chi connectivity index (χ0v) is 10.4. The standard InChI is InChI=1S/C11H16N4OS/c12-11-15-14-10(17-11)9(16)13-5-8(6-1-2-6)7-3-4-7/h6-8H,1-5H2,(H2,12,15)(H,13,16). The maximum absolute atomic E-state index is 11.8. The van der Waals surface area contributed by atoms with Gasteiger partial charge in [0, 0.05) is 6.54 Å². The molecule has 1 aromatic rings. The Bertz CT molecular complexity index is 413.